The molecule has 1 saturated heterocycles. The third-order valence-electron chi connectivity index (χ3n) is 7.67. The van der Waals surface area contributed by atoms with Gasteiger partial charge in [0.25, 0.3) is 0 Å². The molecule has 4 atom stereocenters. The van der Waals surface area contributed by atoms with Crippen LogP contribution < -0.4 is 38.1 Å². The lowest BCUT2D eigenvalue weighted by atomic mass is 10.0. The summed E-state index contributed by atoms with van der Waals surface area (Å²) in [5.41, 5.74) is 12.2. The lowest BCUT2D eigenvalue weighted by molar-refractivity contribution is -0.133. The highest BCUT2D eigenvalue weighted by Gasteiger charge is 2.31. The van der Waals surface area contributed by atoms with E-state index in [4.69, 9.17) is 11.5 Å². The Morgan fingerprint density at radius 3 is 2.09 bits per heavy atom. The predicted octanol–water partition coefficient (Wildman–Crippen LogP) is -0.527. The van der Waals surface area contributed by atoms with E-state index in [1.165, 1.54) is 19.1 Å². The highest BCUT2D eigenvalue weighted by Crippen LogP contribution is 2.17. The van der Waals surface area contributed by atoms with Crippen molar-refractivity contribution in [3.8, 4) is 5.75 Å². The number of guanidine groups is 1. The zero-order chi connectivity index (χ0) is 33.9. The molecule has 248 valence electrons. The SMILES string of the molecule is C[C@@H]1NC(=O)[C@@H](CCCN=C(N)N)NC(=O)[C@@H](Cc2ccc(O)cc2)NC(=O)CNC(=O)[C@H](Cc2ccc3ccccc3c2)NC1=O. The Labute approximate surface area is 271 Å². The fraction of sp³-hybridized carbons (Fsp3) is 0.333. The monoisotopic (exact) mass is 644 g/mol. The van der Waals surface area contributed by atoms with Crippen LogP contribution in [0.3, 0.4) is 0 Å². The fourth-order valence-electron chi connectivity index (χ4n) is 5.14. The normalized spacial score (nSPS) is 21.3. The molecule has 0 spiro atoms. The molecule has 14 heteroatoms. The molecule has 1 heterocycles. The summed E-state index contributed by atoms with van der Waals surface area (Å²) in [4.78, 5) is 70.6. The third-order valence-corrected chi connectivity index (χ3v) is 7.67. The summed E-state index contributed by atoms with van der Waals surface area (Å²) in [6, 6.07) is 15.1. The number of amides is 5. The molecule has 0 radical (unpaired) electrons. The van der Waals surface area contributed by atoms with E-state index in [-0.39, 0.29) is 37.5 Å². The van der Waals surface area contributed by atoms with Crippen LogP contribution in [0.4, 0.5) is 0 Å². The first kappa shape index (κ1) is 34.2. The number of fused-ring (bicyclic) bond motifs is 1. The van der Waals surface area contributed by atoms with Crippen LogP contribution in [0.25, 0.3) is 10.8 Å². The van der Waals surface area contributed by atoms with E-state index >= 15 is 0 Å². The Hall–Kier alpha value is -5.66. The first-order valence-corrected chi connectivity index (χ1v) is 15.3. The Morgan fingerprint density at radius 2 is 1.36 bits per heavy atom. The number of hydrogen-bond acceptors (Lipinski definition) is 7. The van der Waals surface area contributed by atoms with Crippen LogP contribution in [0.5, 0.6) is 5.75 Å². The average molecular weight is 645 g/mol. The van der Waals surface area contributed by atoms with Crippen LogP contribution in [0, 0.1) is 0 Å². The van der Waals surface area contributed by atoms with Crippen molar-refractivity contribution in [1.82, 2.24) is 26.6 Å². The second-order valence-electron chi connectivity index (χ2n) is 11.4. The lowest BCUT2D eigenvalue weighted by Crippen LogP contribution is -2.57. The molecule has 10 N–H and O–H groups in total. The fourth-order valence-corrected chi connectivity index (χ4v) is 5.14. The summed E-state index contributed by atoms with van der Waals surface area (Å²) in [6.07, 6.45) is 0.572. The van der Waals surface area contributed by atoms with E-state index < -0.39 is 60.2 Å². The number of phenolic OH excluding ortho intramolecular Hbond substituents is 1. The quantitative estimate of drug-likeness (QED) is 0.0901. The maximum Gasteiger partial charge on any atom is 0.243 e. The number of aromatic hydroxyl groups is 1. The van der Waals surface area contributed by atoms with Crippen molar-refractivity contribution in [3.63, 3.8) is 0 Å². The van der Waals surface area contributed by atoms with Crippen molar-refractivity contribution in [2.45, 2.75) is 56.8 Å². The van der Waals surface area contributed by atoms with Crippen molar-refractivity contribution in [2.75, 3.05) is 13.1 Å². The molecule has 3 aromatic carbocycles. The molecule has 4 rings (SSSR count). The molecule has 0 bridgehead atoms. The molecular formula is C33H40N8O6. The van der Waals surface area contributed by atoms with Gasteiger partial charge in [-0.15, -0.1) is 0 Å². The minimum Gasteiger partial charge on any atom is -0.508 e. The molecule has 0 saturated carbocycles. The van der Waals surface area contributed by atoms with Crippen molar-refractivity contribution in [2.24, 2.45) is 16.5 Å². The van der Waals surface area contributed by atoms with E-state index in [1.807, 2.05) is 42.5 Å². The summed E-state index contributed by atoms with van der Waals surface area (Å²) in [6.45, 7) is 1.18. The molecule has 14 nitrogen and oxygen atoms in total. The van der Waals surface area contributed by atoms with E-state index in [1.54, 1.807) is 12.1 Å². The Balaban J connectivity index is 1.60. The average Bonchev–Trinajstić information content (AvgIpc) is 3.04. The minimum atomic E-state index is -1.15. The topological polar surface area (TPSA) is 230 Å². The van der Waals surface area contributed by atoms with Crippen molar-refractivity contribution < 1.29 is 29.1 Å². The number of carbonyl (C=O) groups excluding carboxylic acids is 5. The van der Waals surface area contributed by atoms with Gasteiger partial charge in [0.1, 0.15) is 29.9 Å². The Kier molecular flexibility index (Phi) is 11.7. The van der Waals surface area contributed by atoms with Crippen LogP contribution >= 0.6 is 0 Å². The maximum atomic E-state index is 13.5. The van der Waals surface area contributed by atoms with Gasteiger partial charge in [0, 0.05) is 19.4 Å². The van der Waals surface area contributed by atoms with Crippen molar-refractivity contribution >= 4 is 46.3 Å². The predicted molar refractivity (Wildman–Crippen MR) is 176 cm³/mol. The molecule has 0 unspecified atom stereocenters. The van der Waals surface area contributed by atoms with Gasteiger partial charge in [0.05, 0.1) is 6.54 Å². The maximum absolute atomic E-state index is 13.5. The minimum absolute atomic E-state index is 0.0230. The summed E-state index contributed by atoms with van der Waals surface area (Å²) in [7, 11) is 0. The smallest absolute Gasteiger partial charge is 0.243 e. The summed E-state index contributed by atoms with van der Waals surface area (Å²) < 4.78 is 0. The Bertz CT molecular complexity index is 1640. The zero-order valence-corrected chi connectivity index (χ0v) is 26.0. The molecule has 0 aliphatic carbocycles. The van der Waals surface area contributed by atoms with E-state index in [9.17, 15) is 29.1 Å². The highest BCUT2D eigenvalue weighted by atomic mass is 16.3. The number of nitrogens with two attached hydrogens (primary N) is 2. The summed E-state index contributed by atoms with van der Waals surface area (Å²) in [5, 5.41) is 24.9. The molecule has 1 aliphatic heterocycles. The van der Waals surface area contributed by atoms with Gasteiger partial charge < -0.3 is 43.2 Å². The molecular weight excluding hydrogens is 604 g/mol. The lowest BCUT2D eigenvalue weighted by Gasteiger charge is -2.24. The number of nitrogens with zero attached hydrogens (tertiary/aromatic N) is 1. The second kappa shape index (κ2) is 16.1. The number of carbonyl (C=O) groups is 5. The van der Waals surface area contributed by atoms with Crippen LogP contribution in [-0.2, 0) is 36.8 Å². The van der Waals surface area contributed by atoms with Gasteiger partial charge in [-0.2, -0.15) is 0 Å². The van der Waals surface area contributed by atoms with Gasteiger partial charge in [0.15, 0.2) is 5.96 Å². The number of hydrogen-bond donors (Lipinski definition) is 8. The van der Waals surface area contributed by atoms with E-state index in [0.717, 1.165) is 16.3 Å². The standard InChI is InChI=1S/C33H40N8O6/c1-19-29(44)41-26(17-21-8-11-22-5-2-3-6-23(22)15-21)30(45)37-18-28(43)39-27(16-20-9-12-24(42)13-10-20)32(47)40-25(31(46)38-19)7-4-14-36-33(34)35/h2-3,5-6,8-13,15,19,25-27,42H,4,7,14,16-18H2,1H3,(H,37,45)(H,38,46)(H,39,43)(H,40,47)(H,41,44)(H4,34,35,36)/t19-,25+,26-,27+/m0/s1. The molecule has 0 aromatic heterocycles. The summed E-state index contributed by atoms with van der Waals surface area (Å²) >= 11 is 0. The molecule has 1 fully saturated rings. The molecule has 5 amide bonds. The molecule has 3 aromatic rings. The molecule has 47 heavy (non-hydrogen) atoms. The van der Waals surface area contributed by atoms with Gasteiger partial charge in [-0.05, 0) is 53.8 Å². The number of aliphatic imine (C=N–C) groups is 1. The van der Waals surface area contributed by atoms with Gasteiger partial charge in [-0.1, -0.05) is 54.6 Å². The van der Waals surface area contributed by atoms with Crippen LogP contribution in [0.15, 0.2) is 71.7 Å². The second-order valence-corrected chi connectivity index (χ2v) is 11.4. The zero-order valence-electron chi connectivity index (χ0n) is 26.0. The van der Waals surface area contributed by atoms with E-state index in [0.29, 0.717) is 12.0 Å². The van der Waals surface area contributed by atoms with Gasteiger partial charge >= 0.3 is 0 Å². The number of benzene rings is 3. The highest BCUT2D eigenvalue weighted by molar-refractivity contribution is 5.97. The van der Waals surface area contributed by atoms with Crippen LogP contribution in [0.1, 0.15) is 30.9 Å². The number of nitrogens with one attached hydrogen (secondary N) is 5. The van der Waals surface area contributed by atoms with Gasteiger partial charge in [-0.25, -0.2) is 0 Å². The number of phenols is 1. The van der Waals surface area contributed by atoms with E-state index in [2.05, 4.69) is 31.6 Å². The largest absolute Gasteiger partial charge is 0.508 e. The van der Waals surface area contributed by atoms with Crippen LogP contribution in [0.2, 0.25) is 0 Å². The van der Waals surface area contributed by atoms with Gasteiger partial charge in [-0.3, -0.25) is 29.0 Å². The summed E-state index contributed by atoms with van der Waals surface area (Å²) in [5.74, 6) is -3.32. The number of rotatable bonds is 8. The first-order valence-electron chi connectivity index (χ1n) is 15.3. The Morgan fingerprint density at radius 1 is 0.745 bits per heavy atom. The van der Waals surface area contributed by atoms with Gasteiger partial charge in [0.2, 0.25) is 29.5 Å². The first-order chi connectivity index (χ1) is 22.5. The van der Waals surface area contributed by atoms with Crippen molar-refractivity contribution in [1.29, 1.82) is 0 Å². The van der Waals surface area contributed by atoms with Crippen molar-refractivity contribution in [3.05, 3.63) is 77.9 Å². The third kappa shape index (κ3) is 10.2. The molecule has 1 aliphatic rings. The van der Waals surface area contributed by atoms with Crippen LogP contribution in [-0.4, -0.2) is 77.9 Å².